The predicted octanol–water partition coefficient (Wildman–Crippen LogP) is 2.52. The molecule has 1 amide bonds. The highest BCUT2D eigenvalue weighted by Crippen LogP contribution is 2.36. The van der Waals surface area contributed by atoms with E-state index in [4.69, 9.17) is 21.1 Å². The smallest absolute Gasteiger partial charge is 0.234 e. The third-order valence-corrected chi connectivity index (χ3v) is 3.03. The predicted molar refractivity (Wildman–Crippen MR) is 73.0 cm³/mol. The van der Waals surface area contributed by atoms with Crippen LogP contribution in [0.1, 0.15) is 13.8 Å². The quantitative estimate of drug-likeness (QED) is 0.844. The molecule has 0 radical (unpaired) electrons. The van der Waals surface area contributed by atoms with E-state index in [0.29, 0.717) is 22.2 Å². The highest BCUT2D eigenvalue weighted by atomic mass is 35.5. The Morgan fingerprint density at radius 3 is 2.26 bits per heavy atom. The average Bonchev–Trinajstić information content (AvgIpc) is 2.38. The zero-order chi connectivity index (χ0) is 14.6. The van der Waals surface area contributed by atoms with Crippen molar-refractivity contribution in [2.45, 2.75) is 13.8 Å². The number of anilines is 1. The molecule has 0 spiro atoms. The molecule has 0 aliphatic carbocycles. The Balaban J connectivity index is 3.06. The number of carbonyl (C=O) groups excluding carboxylic acids is 2. The number of methoxy groups -OCH3 is 2. The zero-order valence-corrected chi connectivity index (χ0v) is 12.0. The van der Waals surface area contributed by atoms with Crippen molar-refractivity contribution < 1.29 is 19.1 Å². The average molecular weight is 286 g/mol. The van der Waals surface area contributed by atoms with Crippen molar-refractivity contribution in [3.05, 3.63) is 17.2 Å². The SMILES string of the molecule is COc1cc(NC(=O)C(C)C(C)=O)c(OC)cc1Cl. The second kappa shape index (κ2) is 6.43. The van der Waals surface area contributed by atoms with Gasteiger partial charge in [-0.1, -0.05) is 11.6 Å². The van der Waals surface area contributed by atoms with Crippen LogP contribution in [0.25, 0.3) is 0 Å². The van der Waals surface area contributed by atoms with Crippen LogP contribution in [0.4, 0.5) is 5.69 Å². The molecule has 1 aromatic rings. The molecular weight excluding hydrogens is 270 g/mol. The van der Waals surface area contributed by atoms with E-state index in [-0.39, 0.29) is 5.78 Å². The van der Waals surface area contributed by atoms with Crippen LogP contribution in [0, 0.1) is 5.92 Å². The first-order valence-corrected chi connectivity index (χ1v) is 6.01. The molecule has 1 atom stereocenters. The topological polar surface area (TPSA) is 64.6 Å². The lowest BCUT2D eigenvalue weighted by atomic mass is 10.1. The summed E-state index contributed by atoms with van der Waals surface area (Å²) < 4.78 is 10.2. The van der Waals surface area contributed by atoms with E-state index in [1.54, 1.807) is 6.07 Å². The highest BCUT2D eigenvalue weighted by Gasteiger charge is 2.20. The number of carbonyl (C=O) groups is 2. The molecule has 1 rings (SSSR count). The van der Waals surface area contributed by atoms with E-state index in [1.165, 1.54) is 34.1 Å². The zero-order valence-electron chi connectivity index (χ0n) is 11.2. The molecule has 0 aromatic heterocycles. The van der Waals surface area contributed by atoms with Crippen LogP contribution in [-0.4, -0.2) is 25.9 Å². The molecule has 0 fully saturated rings. The van der Waals surface area contributed by atoms with Crippen LogP contribution < -0.4 is 14.8 Å². The van der Waals surface area contributed by atoms with E-state index in [0.717, 1.165) is 0 Å². The van der Waals surface area contributed by atoms with Gasteiger partial charge in [-0.2, -0.15) is 0 Å². The maximum atomic E-state index is 11.8. The van der Waals surface area contributed by atoms with E-state index >= 15 is 0 Å². The number of halogens is 1. The van der Waals surface area contributed by atoms with Gasteiger partial charge in [0.05, 0.1) is 30.8 Å². The molecule has 5 nitrogen and oxygen atoms in total. The Labute approximate surface area is 116 Å². The van der Waals surface area contributed by atoms with Crippen LogP contribution in [0.3, 0.4) is 0 Å². The van der Waals surface area contributed by atoms with Gasteiger partial charge in [0.25, 0.3) is 0 Å². The molecule has 6 heteroatoms. The summed E-state index contributed by atoms with van der Waals surface area (Å²) in [5, 5.41) is 2.99. The maximum absolute atomic E-state index is 11.8. The van der Waals surface area contributed by atoms with Crippen molar-refractivity contribution in [2.75, 3.05) is 19.5 Å². The van der Waals surface area contributed by atoms with Gasteiger partial charge in [-0.15, -0.1) is 0 Å². The molecule has 0 heterocycles. The van der Waals surface area contributed by atoms with Crippen LogP contribution in [-0.2, 0) is 9.59 Å². The van der Waals surface area contributed by atoms with Gasteiger partial charge in [-0.05, 0) is 13.8 Å². The summed E-state index contributed by atoms with van der Waals surface area (Å²) >= 11 is 5.96. The second-order valence-corrected chi connectivity index (χ2v) is 4.42. The Kier molecular flexibility index (Phi) is 5.18. The molecule has 1 N–H and O–H groups in total. The summed E-state index contributed by atoms with van der Waals surface area (Å²) in [4.78, 5) is 23.0. The van der Waals surface area contributed by atoms with Crippen LogP contribution >= 0.6 is 11.6 Å². The minimum atomic E-state index is -0.730. The fourth-order valence-corrected chi connectivity index (χ4v) is 1.61. The van der Waals surface area contributed by atoms with Crippen molar-refractivity contribution in [3.63, 3.8) is 0 Å². The molecule has 19 heavy (non-hydrogen) atoms. The highest BCUT2D eigenvalue weighted by molar-refractivity contribution is 6.32. The monoisotopic (exact) mass is 285 g/mol. The summed E-state index contributed by atoms with van der Waals surface area (Å²) in [5.74, 6) is -0.540. The molecule has 0 bridgehead atoms. The van der Waals surface area contributed by atoms with Crippen LogP contribution in [0.5, 0.6) is 11.5 Å². The molecule has 104 valence electrons. The standard InChI is InChI=1S/C13H16ClNO4/c1-7(8(2)16)13(17)15-10-6-11(18-3)9(14)5-12(10)19-4/h5-7H,1-4H3,(H,15,17). The Bertz CT molecular complexity index is 502. The van der Waals surface area contributed by atoms with Crippen molar-refractivity contribution in [3.8, 4) is 11.5 Å². The van der Waals surface area contributed by atoms with Gasteiger partial charge in [-0.25, -0.2) is 0 Å². The third kappa shape index (κ3) is 3.61. The number of hydrogen-bond acceptors (Lipinski definition) is 4. The van der Waals surface area contributed by atoms with Crippen LogP contribution in [0.2, 0.25) is 5.02 Å². The Hall–Kier alpha value is -1.75. The molecule has 1 aromatic carbocycles. The lowest BCUT2D eigenvalue weighted by molar-refractivity contribution is -0.129. The summed E-state index contributed by atoms with van der Waals surface area (Å²) in [6.45, 7) is 2.90. The fourth-order valence-electron chi connectivity index (χ4n) is 1.38. The maximum Gasteiger partial charge on any atom is 0.234 e. The van der Waals surface area contributed by atoms with Crippen molar-refractivity contribution in [1.82, 2.24) is 0 Å². The molecule has 0 aliphatic rings. The molecule has 1 unspecified atom stereocenters. The van der Waals surface area contributed by atoms with Crippen molar-refractivity contribution in [1.29, 1.82) is 0 Å². The Morgan fingerprint density at radius 1 is 1.21 bits per heavy atom. The normalized spacial score (nSPS) is 11.6. The summed E-state index contributed by atoms with van der Waals surface area (Å²) in [5.41, 5.74) is 0.404. The minimum Gasteiger partial charge on any atom is -0.495 e. The molecular formula is C13H16ClNO4. The van der Waals surface area contributed by atoms with Crippen LogP contribution in [0.15, 0.2) is 12.1 Å². The fraction of sp³-hybridized carbons (Fsp3) is 0.385. The van der Waals surface area contributed by atoms with Crippen molar-refractivity contribution >= 4 is 29.0 Å². The van der Waals surface area contributed by atoms with Gasteiger partial charge in [-0.3, -0.25) is 9.59 Å². The summed E-state index contributed by atoms with van der Waals surface area (Å²) in [6, 6.07) is 3.08. The number of ketones is 1. The number of rotatable bonds is 5. The Morgan fingerprint density at radius 2 is 1.79 bits per heavy atom. The first-order chi connectivity index (χ1) is 8.90. The molecule has 0 saturated heterocycles. The minimum absolute atomic E-state index is 0.211. The number of hydrogen-bond donors (Lipinski definition) is 1. The number of ether oxygens (including phenoxy) is 2. The van der Waals surface area contributed by atoms with Gasteiger partial charge in [0.15, 0.2) is 0 Å². The lowest BCUT2D eigenvalue weighted by Crippen LogP contribution is -2.25. The number of Topliss-reactive ketones (excluding diaryl/α,β-unsaturated/α-hetero) is 1. The summed E-state index contributed by atoms with van der Waals surface area (Å²) in [6.07, 6.45) is 0. The number of benzene rings is 1. The van der Waals surface area contributed by atoms with E-state index in [1.807, 2.05) is 0 Å². The van der Waals surface area contributed by atoms with Gasteiger partial charge in [0.2, 0.25) is 5.91 Å². The number of amides is 1. The van der Waals surface area contributed by atoms with Crippen molar-refractivity contribution in [2.24, 2.45) is 5.92 Å². The molecule has 0 saturated carbocycles. The van der Waals surface area contributed by atoms with Gasteiger partial charge >= 0.3 is 0 Å². The van der Waals surface area contributed by atoms with Gasteiger partial charge < -0.3 is 14.8 Å². The van der Waals surface area contributed by atoms with Gasteiger partial charge in [0, 0.05) is 12.1 Å². The van der Waals surface area contributed by atoms with E-state index < -0.39 is 11.8 Å². The largest absolute Gasteiger partial charge is 0.495 e. The van der Waals surface area contributed by atoms with E-state index in [9.17, 15) is 9.59 Å². The number of nitrogens with one attached hydrogen (secondary N) is 1. The summed E-state index contributed by atoms with van der Waals surface area (Å²) in [7, 11) is 2.93. The third-order valence-electron chi connectivity index (χ3n) is 2.73. The first-order valence-electron chi connectivity index (χ1n) is 5.63. The first kappa shape index (κ1) is 15.3. The second-order valence-electron chi connectivity index (χ2n) is 4.01. The van der Waals surface area contributed by atoms with E-state index in [2.05, 4.69) is 5.32 Å². The molecule has 0 aliphatic heterocycles. The lowest BCUT2D eigenvalue weighted by Gasteiger charge is -2.14. The van der Waals surface area contributed by atoms with Gasteiger partial charge in [0.1, 0.15) is 17.3 Å².